The first kappa shape index (κ1) is 18.7. The van der Waals surface area contributed by atoms with Crippen LogP contribution in [0.15, 0.2) is 24.4 Å². The topological polar surface area (TPSA) is 84.2 Å². The number of hydrogen-bond donors (Lipinski definition) is 2. The molecule has 1 unspecified atom stereocenters. The Labute approximate surface area is 147 Å². The summed E-state index contributed by atoms with van der Waals surface area (Å²) in [5, 5.41) is 16.5. The van der Waals surface area contributed by atoms with Gasteiger partial charge in [0.1, 0.15) is 0 Å². The van der Waals surface area contributed by atoms with Gasteiger partial charge in [0.2, 0.25) is 0 Å². The Kier molecular flexibility index (Phi) is 5.02. The lowest BCUT2D eigenvalue weighted by Crippen LogP contribution is -2.34. The smallest absolute Gasteiger partial charge is 0.330 e. The molecule has 1 atom stereocenters. The number of carboxylic acid groups (broad SMARTS) is 1. The summed E-state index contributed by atoms with van der Waals surface area (Å²) < 4.78 is 1.76. The van der Waals surface area contributed by atoms with E-state index >= 15 is 0 Å². The average Bonchev–Trinajstić information content (AvgIpc) is 2.84. The number of nitrogens with one attached hydrogen (secondary N) is 1. The van der Waals surface area contributed by atoms with Crippen LogP contribution in [0.4, 0.5) is 0 Å². The normalized spacial score (nSPS) is 12.7. The highest BCUT2D eigenvalue weighted by Crippen LogP contribution is 2.21. The summed E-state index contributed by atoms with van der Waals surface area (Å²) >= 11 is 0. The fraction of sp³-hybridized carbons (Fsp3) is 0.421. The summed E-state index contributed by atoms with van der Waals surface area (Å²) in [7, 11) is 0. The van der Waals surface area contributed by atoms with Crippen LogP contribution in [0.3, 0.4) is 0 Å². The predicted molar refractivity (Wildman–Crippen MR) is 95.7 cm³/mol. The fourth-order valence-electron chi connectivity index (χ4n) is 2.98. The summed E-state index contributed by atoms with van der Waals surface area (Å²) in [6.45, 7) is 11.6. The van der Waals surface area contributed by atoms with E-state index in [-0.39, 0.29) is 5.54 Å². The Morgan fingerprint density at radius 3 is 2.12 bits per heavy atom. The summed E-state index contributed by atoms with van der Waals surface area (Å²) in [6, 6.07) is 4.40. The third-order valence-electron chi connectivity index (χ3n) is 3.99. The van der Waals surface area contributed by atoms with Gasteiger partial charge in [0.05, 0.1) is 17.3 Å². The molecule has 0 radical (unpaired) electrons. The second kappa shape index (κ2) is 6.70. The highest BCUT2D eigenvalue weighted by Gasteiger charge is 2.26. The van der Waals surface area contributed by atoms with E-state index in [4.69, 9.17) is 0 Å². The standard InChI is InChI=1S/C19H25N3O3/c1-11-7-12(2)9-14(8-11)16(18(24)25)21-17(23)15-10-20-22(13(15)3)19(4,5)6/h7-10,16H,1-6H3,(H,21,23)(H,24,25). The molecule has 1 heterocycles. The first-order valence-electron chi connectivity index (χ1n) is 8.17. The van der Waals surface area contributed by atoms with Crippen molar-refractivity contribution in [1.29, 1.82) is 0 Å². The Hall–Kier alpha value is -2.63. The first-order valence-corrected chi connectivity index (χ1v) is 8.17. The summed E-state index contributed by atoms with van der Waals surface area (Å²) in [5.41, 5.74) is 3.28. The molecular formula is C19H25N3O3. The molecule has 2 rings (SSSR count). The highest BCUT2D eigenvalue weighted by molar-refractivity contribution is 5.97. The van der Waals surface area contributed by atoms with Crippen LogP contribution in [-0.2, 0) is 10.3 Å². The predicted octanol–water partition coefficient (Wildman–Crippen LogP) is 3.12. The number of carbonyl (C=O) groups is 2. The molecule has 6 heteroatoms. The van der Waals surface area contributed by atoms with E-state index in [0.29, 0.717) is 16.8 Å². The lowest BCUT2D eigenvalue weighted by Gasteiger charge is -2.21. The molecule has 0 spiro atoms. The second-order valence-corrected chi connectivity index (χ2v) is 7.39. The van der Waals surface area contributed by atoms with Crippen LogP contribution < -0.4 is 5.32 Å². The van der Waals surface area contributed by atoms with Gasteiger partial charge in [-0.15, -0.1) is 0 Å². The van der Waals surface area contributed by atoms with Crippen molar-refractivity contribution in [2.75, 3.05) is 0 Å². The van der Waals surface area contributed by atoms with Crippen LogP contribution >= 0.6 is 0 Å². The van der Waals surface area contributed by atoms with E-state index in [1.54, 1.807) is 23.7 Å². The van der Waals surface area contributed by atoms with Gasteiger partial charge in [-0.2, -0.15) is 5.10 Å². The zero-order valence-electron chi connectivity index (χ0n) is 15.5. The Balaban J connectivity index is 2.33. The molecule has 1 amide bonds. The number of rotatable bonds is 4. The van der Waals surface area contributed by atoms with Crippen molar-refractivity contribution < 1.29 is 14.7 Å². The van der Waals surface area contributed by atoms with Gasteiger partial charge >= 0.3 is 5.97 Å². The highest BCUT2D eigenvalue weighted by atomic mass is 16.4. The van der Waals surface area contributed by atoms with E-state index in [9.17, 15) is 14.7 Å². The number of aliphatic carboxylic acids is 1. The zero-order valence-corrected chi connectivity index (χ0v) is 15.5. The van der Waals surface area contributed by atoms with Crippen LogP contribution in [0.1, 0.15) is 59.6 Å². The molecule has 0 aliphatic heterocycles. The number of carbonyl (C=O) groups excluding carboxylic acids is 1. The van der Waals surface area contributed by atoms with Crippen LogP contribution in [-0.4, -0.2) is 26.8 Å². The van der Waals surface area contributed by atoms with E-state index in [2.05, 4.69) is 10.4 Å². The molecule has 0 aliphatic carbocycles. The number of aromatic nitrogens is 2. The fourth-order valence-corrected chi connectivity index (χ4v) is 2.98. The molecule has 0 fully saturated rings. The van der Waals surface area contributed by atoms with Gasteiger partial charge in [-0.25, -0.2) is 4.79 Å². The van der Waals surface area contributed by atoms with Gasteiger partial charge in [-0.3, -0.25) is 9.48 Å². The quantitative estimate of drug-likeness (QED) is 0.893. The maximum atomic E-state index is 12.6. The summed E-state index contributed by atoms with van der Waals surface area (Å²) in [4.78, 5) is 24.3. The molecule has 0 bridgehead atoms. The Bertz CT molecular complexity index is 796. The third kappa shape index (κ3) is 4.07. The van der Waals surface area contributed by atoms with Crippen molar-refractivity contribution in [3.8, 4) is 0 Å². The van der Waals surface area contributed by atoms with Crippen molar-refractivity contribution in [2.24, 2.45) is 0 Å². The lowest BCUT2D eigenvalue weighted by molar-refractivity contribution is -0.139. The SMILES string of the molecule is Cc1cc(C)cc(C(NC(=O)c2cnn(C(C)(C)C)c2C)C(=O)O)c1. The molecule has 2 N–H and O–H groups in total. The molecule has 6 nitrogen and oxygen atoms in total. The molecular weight excluding hydrogens is 318 g/mol. The van der Waals surface area contributed by atoms with Gasteiger partial charge in [-0.05, 0) is 47.1 Å². The molecule has 0 aliphatic rings. The minimum absolute atomic E-state index is 0.261. The average molecular weight is 343 g/mol. The van der Waals surface area contributed by atoms with Gasteiger partial charge in [0, 0.05) is 5.69 Å². The number of hydrogen-bond acceptors (Lipinski definition) is 3. The lowest BCUT2D eigenvalue weighted by atomic mass is 10.0. The van der Waals surface area contributed by atoms with Crippen molar-refractivity contribution in [3.05, 3.63) is 52.3 Å². The van der Waals surface area contributed by atoms with Crippen molar-refractivity contribution >= 4 is 11.9 Å². The van der Waals surface area contributed by atoms with Crippen molar-refractivity contribution in [1.82, 2.24) is 15.1 Å². The van der Waals surface area contributed by atoms with Crippen LogP contribution in [0.2, 0.25) is 0 Å². The van der Waals surface area contributed by atoms with E-state index in [1.807, 2.05) is 40.7 Å². The van der Waals surface area contributed by atoms with Gasteiger partial charge in [0.25, 0.3) is 5.91 Å². The van der Waals surface area contributed by atoms with E-state index in [1.165, 1.54) is 6.20 Å². The third-order valence-corrected chi connectivity index (χ3v) is 3.99. The summed E-state index contributed by atoms with van der Waals surface area (Å²) in [6.07, 6.45) is 1.48. The maximum Gasteiger partial charge on any atom is 0.330 e. The maximum absolute atomic E-state index is 12.6. The number of carboxylic acids is 1. The first-order chi connectivity index (χ1) is 11.5. The number of aryl methyl sites for hydroxylation is 2. The zero-order chi connectivity index (χ0) is 18.9. The van der Waals surface area contributed by atoms with Crippen LogP contribution in [0.5, 0.6) is 0 Å². The van der Waals surface area contributed by atoms with Crippen LogP contribution in [0, 0.1) is 20.8 Å². The van der Waals surface area contributed by atoms with Gasteiger partial charge < -0.3 is 10.4 Å². The molecule has 25 heavy (non-hydrogen) atoms. The van der Waals surface area contributed by atoms with E-state index in [0.717, 1.165) is 11.1 Å². The number of amides is 1. The minimum atomic E-state index is -1.11. The van der Waals surface area contributed by atoms with E-state index < -0.39 is 17.9 Å². The molecule has 1 aromatic carbocycles. The largest absolute Gasteiger partial charge is 0.479 e. The molecule has 1 aromatic heterocycles. The number of benzene rings is 1. The Morgan fingerprint density at radius 2 is 1.68 bits per heavy atom. The second-order valence-electron chi connectivity index (χ2n) is 7.39. The van der Waals surface area contributed by atoms with Gasteiger partial charge in [0.15, 0.2) is 6.04 Å². The molecule has 134 valence electrons. The Morgan fingerprint density at radius 1 is 1.12 bits per heavy atom. The molecule has 0 saturated heterocycles. The minimum Gasteiger partial charge on any atom is -0.479 e. The van der Waals surface area contributed by atoms with Crippen LogP contribution in [0.25, 0.3) is 0 Å². The monoisotopic (exact) mass is 343 g/mol. The molecule has 0 saturated carbocycles. The molecule has 2 aromatic rings. The van der Waals surface area contributed by atoms with Crippen molar-refractivity contribution in [2.45, 2.75) is 53.1 Å². The van der Waals surface area contributed by atoms with Crippen molar-refractivity contribution in [3.63, 3.8) is 0 Å². The summed E-state index contributed by atoms with van der Waals surface area (Å²) in [5.74, 6) is -1.54. The van der Waals surface area contributed by atoms with Gasteiger partial charge in [-0.1, -0.05) is 29.3 Å². The number of nitrogens with zero attached hydrogens (tertiary/aromatic N) is 2.